The number of carbonyl (C=O) groups is 2. The highest BCUT2D eigenvalue weighted by atomic mass is 35.5. The number of likely N-dealkylation sites (tertiary alicyclic amines) is 3. The van der Waals surface area contributed by atoms with Crippen molar-refractivity contribution in [1.82, 2.24) is 121 Å². The predicted octanol–water partition coefficient (Wildman–Crippen LogP) is 16.7. The summed E-state index contributed by atoms with van der Waals surface area (Å²) < 4.78 is 5.87. The van der Waals surface area contributed by atoms with Gasteiger partial charge < -0.3 is 71.6 Å². The zero-order valence-corrected chi connectivity index (χ0v) is 82.5. The maximum Gasteiger partial charge on any atom is 0.270 e. The number of phenols is 4. The van der Waals surface area contributed by atoms with Crippen molar-refractivity contribution in [3.05, 3.63) is 223 Å². The Morgan fingerprint density at radius 3 is 1.17 bits per heavy atom. The number of thiazole rings is 1. The molecule has 11 N–H and O–H groups in total. The first kappa shape index (κ1) is 99.3. The number of nitrogens with zero attached hydrogens (tertiary/aromatic N) is 23. The van der Waals surface area contributed by atoms with E-state index in [0.29, 0.717) is 182 Å². The topological polar surface area (TPSA) is 465 Å². The molecule has 12 heterocycles. The number of halogens is 4. The molecule has 142 heavy (non-hydrogen) atoms. The number of amides is 2. The Bertz CT molecular complexity index is 7280. The molecule has 42 heteroatoms. The number of phenolic OH excluding ortho intramolecular Hbond substituents is 4. The highest BCUT2D eigenvalue weighted by molar-refractivity contribution is 7.14. The van der Waals surface area contributed by atoms with Gasteiger partial charge in [-0.3, -0.25) is 24.7 Å². The molecule has 16 aromatic rings. The summed E-state index contributed by atoms with van der Waals surface area (Å²) in [6.07, 6.45) is 9.00. The largest absolute Gasteiger partial charge is 0.508 e. The van der Waals surface area contributed by atoms with E-state index < -0.39 is 0 Å². The van der Waals surface area contributed by atoms with Gasteiger partial charge in [-0.25, -0.2) is 44.9 Å². The number of aliphatic hydroxyl groups excluding tert-OH is 1. The molecule has 0 bridgehead atoms. The standard InChI is InChI=1S/C26H26ClN7O2.C25H27ClN8O2.C25H26ClN7O2.C24H24ClN7O2S/c1-16-12-17(20-14-19(35)5-6-21(20)27)13-23-24(16)31-26(33-32-23)30-18-4-7-22(29-15-18)25(36)28-8-11-34-9-2-3-10-34;1-15-11-17(19-13-18(36)3-4-20(19)26)12-21-24(15)30-25(32-31-21)29-22-14-23(28-16(2)27-22)34-7-5-33(6-8-34)9-10-35;1-15-11-17(19-13-18(34)5-6-20(19)26)12-21-24(15)30-25(32-31-21)29-22-14-23(28-16(2)27-22)35-10-9-33-7-3-4-8-33;1-14-10-15(17-12-16(33)4-5-18(17)25)11-19-21(14)28-23(31-30-19)29-24-27-20(13-35-24)22(34)26-6-9-32-7-2-3-8-32/h4-7,12-15,35H,2-3,8-11H2,1H3,(H,28,36)(H,30,31,33);3-4,11-14,35-36H,5-10H2,1-2H3,(H,27,28,29,30,32);5-6,11-14,34H,3-4,7-10H2,1-2H3,(H,27,28,29,30,32);4-5,10-13,33H,2-3,6-9H2,1H3,(H,26,34)(H,27,28,29,31). The molecule has 4 fully saturated rings. The molecule has 730 valence electrons. The number of aliphatic hydroxyl groups is 1. The van der Waals surface area contributed by atoms with E-state index >= 15 is 0 Å². The van der Waals surface area contributed by atoms with Gasteiger partial charge in [0, 0.05) is 125 Å². The summed E-state index contributed by atoms with van der Waals surface area (Å²) in [4.78, 5) is 81.4. The Kier molecular flexibility index (Phi) is 32.1. The fourth-order valence-electron chi connectivity index (χ4n) is 17.0. The smallest absolute Gasteiger partial charge is 0.270 e. The van der Waals surface area contributed by atoms with Crippen molar-refractivity contribution < 1.29 is 39.9 Å². The lowest BCUT2D eigenvalue weighted by molar-refractivity contribution is 0.0937. The first-order valence-electron chi connectivity index (χ1n) is 46.5. The highest BCUT2D eigenvalue weighted by Crippen LogP contribution is 2.40. The number of ether oxygens (including phenoxy) is 1. The number of aromatic nitrogens is 18. The summed E-state index contributed by atoms with van der Waals surface area (Å²) in [6, 6.07) is 41.6. The number of fused-ring (bicyclic) bond motifs is 4. The normalized spacial score (nSPS) is 14.0. The molecule has 0 spiro atoms. The van der Waals surface area contributed by atoms with Gasteiger partial charge in [0.1, 0.15) is 92.2 Å². The van der Waals surface area contributed by atoms with Crippen LogP contribution < -0.4 is 41.5 Å². The number of β-amino-alcohol motifs (C(OH)–C–C–N with tert-alkyl or cyclic N) is 1. The predicted molar refractivity (Wildman–Crippen MR) is 553 cm³/mol. The number of nitrogens with one attached hydrogen (secondary N) is 6. The number of aromatic hydroxyl groups is 4. The van der Waals surface area contributed by atoms with Crippen molar-refractivity contribution in [1.29, 1.82) is 0 Å². The number of pyridine rings is 1. The van der Waals surface area contributed by atoms with Crippen LogP contribution in [-0.4, -0.2) is 266 Å². The molecule has 37 nitrogen and oxygen atoms in total. The molecule has 8 aromatic heterocycles. The average molecular weight is 2010 g/mol. The molecule has 0 atom stereocenters. The summed E-state index contributed by atoms with van der Waals surface area (Å²) in [7, 11) is 0. The van der Waals surface area contributed by atoms with E-state index in [1.165, 1.54) is 49.9 Å². The number of aryl methyl sites for hydroxylation is 6. The first-order chi connectivity index (χ1) is 68.7. The average Bonchev–Trinajstić information content (AvgIpc) is 0.923. The van der Waals surface area contributed by atoms with Crippen molar-refractivity contribution in [3.8, 4) is 73.4 Å². The zero-order chi connectivity index (χ0) is 99.0. The van der Waals surface area contributed by atoms with E-state index in [1.807, 2.05) is 96.1 Å². The lowest BCUT2D eigenvalue weighted by Gasteiger charge is -2.35. The minimum absolute atomic E-state index is 0.133. The third kappa shape index (κ3) is 25.5. The van der Waals surface area contributed by atoms with Gasteiger partial charge in [-0.15, -0.1) is 52.1 Å². The van der Waals surface area contributed by atoms with Gasteiger partial charge in [-0.1, -0.05) is 46.4 Å². The second-order valence-electron chi connectivity index (χ2n) is 34.7. The van der Waals surface area contributed by atoms with Crippen LogP contribution >= 0.6 is 57.7 Å². The van der Waals surface area contributed by atoms with Gasteiger partial charge in [-0.2, -0.15) is 4.98 Å². The Labute approximate surface area is 841 Å². The fraction of sp³-hybridized carbons (Fsp3) is 0.300. The number of rotatable bonds is 27. The molecule has 0 unspecified atom stereocenters. The van der Waals surface area contributed by atoms with Gasteiger partial charge in [0.05, 0.1) is 40.6 Å². The first-order valence-corrected chi connectivity index (χ1v) is 48.9. The van der Waals surface area contributed by atoms with Crippen molar-refractivity contribution in [2.75, 3.05) is 144 Å². The maximum atomic E-state index is 12.4. The molecule has 2 amide bonds. The van der Waals surface area contributed by atoms with Crippen LogP contribution in [0.25, 0.3) is 88.6 Å². The third-order valence-electron chi connectivity index (χ3n) is 24.2. The summed E-state index contributed by atoms with van der Waals surface area (Å²) in [5, 5.41) is 105. The molecular weight excluding hydrogens is 1910 g/mol. The van der Waals surface area contributed by atoms with Crippen LogP contribution in [0.15, 0.2) is 157 Å². The summed E-state index contributed by atoms with van der Waals surface area (Å²) in [5.41, 5.74) is 16.3. The summed E-state index contributed by atoms with van der Waals surface area (Å²) in [6.45, 7) is 26.8. The van der Waals surface area contributed by atoms with E-state index in [-0.39, 0.29) is 41.4 Å². The van der Waals surface area contributed by atoms with Crippen LogP contribution in [0.1, 0.15) is 93.4 Å². The van der Waals surface area contributed by atoms with Crippen molar-refractivity contribution in [2.24, 2.45) is 0 Å². The lowest BCUT2D eigenvalue weighted by atomic mass is 10.0. The quantitative estimate of drug-likeness (QED) is 0.0228. The molecule has 0 saturated carbocycles. The van der Waals surface area contributed by atoms with Crippen LogP contribution in [0.4, 0.5) is 52.1 Å². The number of benzene rings is 8. The second-order valence-corrected chi connectivity index (χ2v) is 37.2. The van der Waals surface area contributed by atoms with E-state index in [1.54, 1.807) is 103 Å². The molecule has 8 aromatic carbocycles. The van der Waals surface area contributed by atoms with Gasteiger partial charge in [-0.05, 0) is 297 Å². The van der Waals surface area contributed by atoms with E-state index in [9.17, 15) is 30.0 Å². The third-order valence-corrected chi connectivity index (χ3v) is 26.2. The number of hydrogen-bond acceptors (Lipinski definition) is 36. The Balaban J connectivity index is 0.000000130. The summed E-state index contributed by atoms with van der Waals surface area (Å²) in [5.74, 6) is 5.15. The van der Waals surface area contributed by atoms with Crippen molar-refractivity contribution >= 4 is 166 Å². The Hall–Kier alpha value is -14.3. The second kappa shape index (κ2) is 45.9. The van der Waals surface area contributed by atoms with Crippen LogP contribution in [0, 0.1) is 41.5 Å². The van der Waals surface area contributed by atoms with E-state index in [2.05, 4.69) is 147 Å². The van der Waals surface area contributed by atoms with Crippen LogP contribution in [0.5, 0.6) is 28.9 Å². The zero-order valence-electron chi connectivity index (χ0n) is 78.6. The van der Waals surface area contributed by atoms with Crippen LogP contribution in [-0.2, 0) is 0 Å². The highest BCUT2D eigenvalue weighted by Gasteiger charge is 2.25. The molecule has 4 saturated heterocycles. The summed E-state index contributed by atoms with van der Waals surface area (Å²) >= 11 is 26.6. The molecular formula is C100H103Cl4N29O8S. The van der Waals surface area contributed by atoms with Crippen molar-refractivity contribution in [3.63, 3.8) is 0 Å². The number of hydrogen-bond donors (Lipinski definition) is 11. The van der Waals surface area contributed by atoms with E-state index in [0.717, 1.165) is 141 Å². The molecule has 4 aliphatic heterocycles. The number of carbonyl (C=O) groups excluding carboxylic acids is 2. The number of anilines is 9. The van der Waals surface area contributed by atoms with Crippen LogP contribution in [0.3, 0.4) is 0 Å². The minimum atomic E-state index is -0.194. The fourth-order valence-corrected chi connectivity index (χ4v) is 18.6. The number of piperazine rings is 1. The van der Waals surface area contributed by atoms with Crippen LogP contribution in [0.2, 0.25) is 20.1 Å². The van der Waals surface area contributed by atoms with Crippen molar-refractivity contribution in [2.45, 2.75) is 80.1 Å². The maximum absolute atomic E-state index is 12.4. The monoisotopic (exact) mass is 2010 g/mol. The molecule has 0 radical (unpaired) electrons. The van der Waals surface area contributed by atoms with Gasteiger partial charge in [0.25, 0.3) is 11.8 Å². The Morgan fingerprint density at radius 1 is 0.380 bits per heavy atom. The molecule has 20 rings (SSSR count). The molecule has 4 aliphatic rings. The van der Waals surface area contributed by atoms with Gasteiger partial charge >= 0.3 is 0 Å². The van der Waals surface area contributed by atoms with E-state index in [4.69, 9.17) is 56.2 Å². The van der Waals surface area contributed by atoms with Gasteiger partial charge in [0.15, 0.2) is 5.13 Å². The Morgan fingerprint density at radius 2 is 0.761 bits per heavy atom. The van der Waals surface area contributed by atoms with Gasteiger partial charge in [0.2, 0.25) is 29.7 Å². The SMILES string of the molecule is Cc1cc(-c2cc(O)ccc2Cl)cc2nnc(Nc3ccc(C(=O)NCCN4CCCC4)nc3)nc12.Cc1cc(-c2cc(O)ccc2Cl)cc2nnc(Nc3nc(C(=O)NCCN4CCCC4)cs3)nc12.Cc1nc(Nc2nnc3cc(-c4cc(O)ccc4Cl)cc(C)c3n2)cc(N2CCN(CCO)CC2)n1.Cc1nc(Nc2nnc3cc(-c4cc(O)ccc4Cl)cc(C)c3n2)cc(OCCN2CCCC2)n1. The molecule has 0 aliphatic carbocycles. The lowest BCUT2D eigenvalue weighted by Crippen LogP contribution is -2.47. The minimum Gasteiger partial charge on any atom is -0.508 e.